The molecule has 100 valence electrons. The number of halogens is 4. The molecule has 0 aliphatic rings. The van der Waals surface area contributed by atoms with Gasteiger partial charge in [0, 0.05) is 16.5 Å². The molecule has 19 heavy (non-hydrogen) atoms. The molecule has 0 aromatic heterocycles. The van der Waals surface area contributed by atoms with Gasteiger partial charge in [0.1, 0.15) is 11.6 Å². The Hall–Kier alpha value is -0.970. The molecule has 1 nitrogen and oxygen atoms in total. The standard InChI is InChI=1S/C14H10BrClF2O/c15-10-6-5-9(14(18)13(10)16)12(19)7-8-3-1-2-4-11(8)17/h1-6,12,19H,7H2. The summed E-state index contributed by atoms with van der Waals surface area (Å²) in [5.74, 6) is -1.12. The molecule has 1 atom stereocenters. The van der Waals surface area contributed by atoms with Gasteiger partial charge in [0.15, 0.2) is 0 Å². The lowest BCUT2D eigenvalue weighted by Gasteiger charge is -2.14. The average molecular weight is 348 g/mol. The van der Waals surface area contributed by atoms with Crippen LogP contribution in [0.3, 0.4) is 0 Å². The largest absolute Gasteiger partial charge is 0.388 e. The molecule has 0 bridgehead atoms. The van der Waals surface area contributed by atoms with Gasteiger partial charge in [-0.3, -0.25) is 0 Å². The lowest BCUT2D eigenvalue weighted by Crippen LogP contribution is -2.06. The van der Waals surface area contributed by atoms with E-state index in [-0.39, 0.29) is 17.0 Å². The van der Waals surface area contributed by atoms with Crippen molar-refractivity contribution in [1.82, 2.24) is 0 Å². The van der Waals surface area contributed by atoms with E-state index in [4.69, 9.17) is 11.6 Å². The van der Waals surface area contributed by atoms with E-state index < -0.39 is 17.7 Å². The number of aliphatic hydroxyl groups is 1. The van der Waals surface area contributed by atoms with E-state index in [1.807, 2.05) is 0 Å². The second kappa shape index (κ2) is 5.99. The van der Waals surface area contributed by atoms with Crippen molar-refractivity contribution in [1.29, 1.82) is 0 Å². The van der Waals surface area contributed by atoms with Crippen LogP contribution in [0.5, 0.6) is 0 Å². The van der Waals surface area contributed by atoms with Crippen molar-refractivity contribution < 1.29 is 13.9 Å². The van der Waals surface area contributed by atoms with E-state index >= 15 is 0 Å². The Morgan fingerprint density at radius 3 is 2.53 bits per heavy atom. The Morgan fingerprint density at radius 1 is 1.16 bits per heavy atom. The Kier molecular flexibility index (Phi) is 4.55. The molecule has 0 radical (unpaired) electrons. The predicted octanol–water partition coefficient (Wildman–Crippen LogP) is 4.66. The van der Waals surface area contributed by atoms with Gasteiger partial charge >= 0.3 is 0 Å². The summed E-state index contributed by atoms with van der Waals surface area (Å²) in [7, 11) is 0. The van der Waals surface area contributed by atoms with Crippen molar-refractivity contribution in [3.63, 3.8) is 0 Å². The van der Waals surface area contributed by atoms with Crippen LogP contribution < -0.4 is 0 Å². The number of aliphatic hydroxyl groups excluding tert-OH is 1. The van der Waals surface area contributed by atoms with E-state index in [0.717, 1.165) is 0 Å². The zero-order valence-corrected chi connectivity index (χ0v) is 12.0. The molecule has 0 aliphatic carbocycles. The van der Waals surface area contributed by atoms with Gasteiger partial charge in [-0.15, -0.1) is 0 Å². The fourth-order valence-electron chi connectivity index (χ4n) is 1.78. The average Bonchev–Trinajstić information content (AvgIpc) is 2.39. The zero-order chi connectivity index (χ0) is 14.0. The van der Waals surface area contributed by atoms with Crippen LogP contribution >= 0.6 is 27.5 Å². The van der Waals surface area contributed by atoms with Crippen LogP contribution in [0.25, 0.3) is 0 Å². The van der Waals surface area contributed by atoms with Crippen molar-refractivity contribution in [2.24, 2.45) is 0 Å². The molecule has 0 saturated heterocycles. The highest BCUT2D eigenvalue weighted by Gasteiger charge is 2.18. The summed E-state index contributed by atoms with van der Waals surface area (Å²) in [4.78, 5) is 0. The van der Waals surface area contributed by atoms with Crippen LogP contribution in [0.15, 0.2) is 40.9 Å². The maximum absolute atomic E-state index is 13.9. The minimum atomic E-state index is -1.15. The van der Waals surface area contributed by atoms with Crippen molar-refractivity contribution in [3.8, 4) is 0 Å². The molecule has 1 unspecified atom stereocenters. The first-order valence-corrected chi connectivity index (χ1v) is 6.72. The van der Waals surface area contributed by atoms with Crippen molar-refractivity contribution in [2.75, 3.05) is 0 Å². The van der Waals surface area contributed by atoms with Crippen molar-refractivity contribution in [2.45, 2.75) is 12.5 Å². The fraction of sp³-hybridized carbons (Fsp3) is 0.143. The molecule has 0 amide bonds. The fourth-order valence-corrected chi connectivity index (χ4v) is 2.26. The highest BCUT2D eigenvalue weighted by atomic mass is 79.9. The third kappa shape index (κ3) is 3.14. The number of hydrogen-bond donors (Lipinski definition) is 1. The topological polar surface area (TPSA) is 20.2 Å². The van der Waals surface area contributed by atoms with Gasteiger partial charge in [-0.2, -0.15) is 0 Å². The van der Waals surface area contributed by atoms with Gasteiger partial charge in [-0.05, 0) is 33.6 Å². The zero-order valence-electron chi connectivity index (χ0n) is 9.71. The van der Waals surface area contributed by atoms with Crippen LogP contribution in [-0.2, 0) is 6.42 Å². The number of hydrogen-bond acceptors (Lipinski definition) is 1. The number of benzene rings is 2. The van der Waals surface area contributed by atoms with Gasteiger partial charge < -0.3 is 5.11 Å². The Bertz CT molecular complexity index is 604. The first-order valence-electron chi connectivity index (χ1n) is 5.55. The van der Waals surface area contributed by atoms with Crippen LogP contribution in [0, 0.1) is 11.6 Å². The normalized spacial score (nSPS) is 12.5. The molecule has 0 aliphatic heterocycles. The van der Waals surface area contributed by atoms with Crippen LogP contribution in [0.2, 0.25) is 5.02 Å². The monoisotopic (exact) mass is 346 g/mol. The summed E-state index contributed by atoms with van der Waals surface area (Å²) in [5, 5.41) is 9.92. The van der Waals surface area contributed by atoms with Crippen LogP contribution in [0.1, 0.15) is 17.2 Å². The van der Waals surface area contributed by atoms with Gasteiger partial charge in [0.2, 0.25) is 0 Å². The molecule has 1 N–H and O–H groups in total. The maximum Gasteiger partial charge on any atom is 0.148 e. The molecular formula is C14H10BrClF2O. The van der Waals surface area contributed by atoms with E-state index in [9.17, 15) is 13.9 Å². The second-order valence-corrected chi connectivity index (χ2v) is 5.31. The molecular weight excluding hydrogens is 338 g/mol. The molecule has 0 spiro atoms. The quantitative estimate of drug-likeness (QED) is 0.801. The smallest absolute Gasteiger partial charge is 0.148 e. The maximum atomic E-state index is 13.9. The Morgan fingerprint density at radius 2 is 1.84 bits per heavy atom. The molecule has 0 fully saturated rings. The summed E-state index contributed by atoms with van der Waals surface area (Å²) in [6, 6.07) is 9.05. The Labute approximate surface area is 123 Å². The second-order valence-electron chi connectivity index (χ2n) is 4.08. The van der Waals surface area contributed by atoms with E-state index in [0.29, 0.717) is 10.0 Å². The lowest BCUT2D eigenvalue weighted by atomic mass is 10.0. The van der Waals surface area contributed by atoms with Crippen LogP contribution in [-0.4, -0.2) is 5.11 Å². The van der Waals surface area contributed by atoms with Crippen molar-refractivity contribution >= 4 is 27.5 Å². The third-order valence-corrected chi connectivity index (χ3v) is 4.05. The highest BCUT2D eigenvalue weighted by Crippen LogP contribution is 2.31. The molecule has 0 saturated carbocycles. The van der Waals surface area contributed by atoms with Gasteiger partial charge in [0.05, 0.1) is 11.1 Å². The Balaban J connectivity index is 2.28. The molecule has 5 heteroatoms. The summed E-state index contributed by atoms with van der Waals surface area (Å²) in [6.45, 7) is 0. The van der Waals surface area contributed by atoms with E-state index in [1.165, 1.54) is 12.1 Å². The minimum Gasteiger partial charge on any atom is -0.388 e. The SMILES string of the molecule is OC(Cc1ccccc1F)c1ccc(Br)c(Cl)c1F. The summed E-state index contributed by atoms with van der Waals surface area (Å²) in [5.41, 5.74) is 0.380. The summed E-state index contributed by atoms with van der Waals surface area (Å²) >= 11 is 8.85. The number of rotatable bonds is 3. The molecule has 2 aromatic carbocycles. The summed E-state index contributed by atoms with van der Waals surface area (Å²) < 4.78 is 27.8. The third-order valence-electron chi connectivity index (χ3n) is 2.80. The lowest BCUT2D eigenvalue weighted by molar-refractivity contribution is 0.172. The van der Waals surface area contributed by atoms with Gasteiger partial charge in [-0.1, -0.05) is 35.9 Å². The first-order chi connectivity index (χ1) is 9.00. The molecule has 2 rings (SSSR count). The predicted molar refractivity (Wildman–Crippen MR) is 74.2 cm³/mol. The van der Waals surface area contributed by atoms with Gasteiger partial charge in [0.25, 0.3) is 0 Å². The van der Waals surface area contributed by atoms with Crippen LogP contribution in [0.4, 0.5) is 8.78 Å². The highest BCUT2D eigenvalue weighted by molar-refractivity contribution is 9.10. The van der Waals surface area contributed by atoms with Gasteiger partial charge in [-0.25, -0.2) is 8.78 Å². The molecule has 0 heterocycles. The van der Waals surface area contributed by atoms with Crippen molar-refractivity contribution in [3.05, 3.63) is 68.7 Å². The minimum absolute atomic E-state index is 0.0123. The van der Waals surface area contributed by atoms with E-state index in [1.54, 1.807) is 24.3 Å². The summed E-state index contributed by atoms with van der Waals surface area (Å²) in [6.07, 6.45) is -1.16. The molecule has 2 aromatic rings. The van der Waals surface area contributed by atoms with E-state index in [2.05, 4.69) is 15.9 Å². The first kappa shape index (κ1) is 14.4.